The van der Waals surface area contributed by atoms with Crippen molar-refractivity contribution < 1.29 is 33.0 Å². The third-order valence-electron chi connectivity index (χ3n) is 5.16. The maximum atomic E-state index is 13.2. The van der Waals surface area contributed by atoms with E-state index in [2.05, 4.69) is 5.16 Å². The number of amides is 2. The number of anilines is 1. The van der Waals surface area contributed by atoms with Crippen LogP contribution >= 0.6 is 0 Å². The van der Waals surface area contributed by atoms with E-state index in [1.807, 2.05) is 0 Å². The molecule has 0 N–H and O–H groups in total. The van der Waals surface area contributed by atoms with Gasteiger partial charge in [-0.15, -0.1) is 0 Å². The number of carbonyl (C=O) groups excluding carboxylic acids is 2. The van der Waals surface area contributed by atoms with Crippen LogP contribution in [0.15, 0.2) is 41.6 Å². The molecule has 1 atom stereocenters. The van der Waals surface area contributed by atoms with Crippen molar-refractivity contribution in [2.24, 2.45) is 5.16 Å². The minimum atomic E-state index is -1.45. The zero-order valence-corrected chi connectivity index (χ0v) is 16.6. The first-order valence-electron chi connectivity index (χ1n) is 9.11. The third-order valence-corrected chi connectivity index (χ3v) is 5.16. The summed E-state index contributed by atoms with van der Waals surface area (Å²) < 4.78 is 29.3. The van der Waals surface area contributed by atoms with Crippen molar-refractivity contribution in [3.63, 3.8) is 0 Å². The number of oxime groups is 1. The molecule has 2 amide bonds. The van der Waals surface area contributed by atoms with Crippen LogP contribution in [0.25, 0.3) is 0 Å². The van der Waals surface area contributed by atoms with Gasteiger partial charge in [-0.2, -0.15) is 0 Å². The molecule has 156 valence electrons. The Morgan fingerprint density at radius 2 is 1.60 bits per heavy atom. The van der Waals surface area contributed by atoms with E-state index >= 15 is 0 Å². The second-order valence-corrected chi connectivity index (χ2v) is 6.90. The summed E-state index contributed by atoms with van der Waals surface area (Å²) in [6.07, 6.45) is -0.104. The fourth-order valence-electron chi connectivity index (χ4n) is 3.65. The zero-order chi connectivity index (χ0) is 21.5. The highest BCUT2D eigenvalue weighted by molar-refractivity contribution is 6.26. The lowest BCUT2D eigenvalue weighted by Gasteiger charge is -2.19. The van der Waals surface area contributed by atoms with Crippen molar-refractivity contribution in [3.8, 4) is 17.2 Å². The van der Waals surface area contributed by atoms with Crippen LogP contribution in [-0.4, -0.2) is 44.5 Å². The van der Waals surface area contributed by atoms with Gasteiger partial charge in [0, 0.05) is 18.1 Å². The normalized spacial score (nSPS) is 20.4. The van der Waals surface area contributed by atoms with Crippen molar-refractivity contribution in [2.75, 3.05) is 26.2 Å². The smallest absolute Gasteiger partial charge is 0.281 e. The molecular formula is C21H19FN2O6. The number of nitrogens with zero attached hydrogens (tertiary/aromatic N) is 2. The number of ether oxygens (including phenoxy) is 3. The number of methoxy groups -OCH3 is 3. The second-order valence-electron chi connectivity index (χ2n) is 6.90. The molecule has 2 aliphatic rings. The number of rotatable bonds is 5. The molecule has 0 bridgehead atoms. The summed E-state index contributed by atoms with van der Waals surface area (Å²) in [5, 5.41) is 4.09. The molecule has 0 aromatic heterocycles. The Morgan fingerprint density at radius 1 is 0.967 bits per heavy atom. The largest absolute Gasteiger partial charge is 0.496 e. The van der Waals surface area contributed by atoms with Crippen molar-refractivity contribution >= 4 is 23.2 Å². The summed E-state index contributed by atoms with van der Waals surface area (Å²) in [5.74, 6) is -0.0599. The summed E-state index contributed by atoms with van der Waals surface area (Å²) in [6, 6.07) is 8.45. The summed E-state index contributed by atoms with van der Waals surface area (Å²) in [6.45, 7) is 0. The van der Waals surface area contributed by atoms with Gasteiger partial charge in [-0.25, -0.2) is 9.29 Å². The average molecular weight is 414 g/mol. The van der Waals surface area contributed by atoms with Crippen LogP contribution < -0.4 is 19.1 Å². The van der Waals surface area contributed by atoms with Crippen LogP contribution in [0.4, 0.5) is 10.1 Å². The van der Waals surface area contributed by atoms with Gasteiger partial charge in [0.2, 0.25) is 11.5 Å². The lowest BCUT2D eigenvalue weighted by Crippen LogP contribution is -2.40. The molecule has 2 aliphatic heterocycles. The second kappa shape index (κ2) is 7.33. The van der Waals surface area contributed by atoms with Gasteiger partial charge in [-0.05, 0) is 30.3 Å². The van der Waals surface area contributed by atoms with E-state index in [0.29, 0.717) is 28.5 Å². The van der Waals surface area contributed by atoms with Gasteiger partial charge in [0.1, 0.15) is 11.6 Å². The molecule has 1 fully saturated rings. The van der Waals surface area contributed by atoms with Crippen LogP contribution in [-0.2, 0) is 14.4 Å². The Morgan fingerprint density at radius 3 is 2.23 bits per heavy atom. The topological polar surface area (TPSA) is 86.7 Å². The Hall–Kier alpha value is -3.62. The maximum absolute atomic E-state index is 13.2. The molecule has 30 heavy (non-hydrogen) atoms. The molecule has 1 spiro atoms. The van der Waals surface area contributed by atoms with Crippen LogP contribution in [0.2, 0.25) is 0 Å². The molecule has 1 unspecified atom stereocenters. The molecule has 2 aromatic rings. The van der Waals surface area contributed by atoms with E-state index in [9.17, 15) is 14.0 Å². The first-order chi connectivity index (χ1) is 14.4. The minimum Gasteiger partial charge on any atom is -0.496 e. The van der Waals surface area contributed by atoms with Crippen LogP contribution in [0.3, 0.4) is 0 Å². The summed E-state index contributed by atoms with van der Waals surface area (Å²) in [5.41, 5.74) is -0.162. The predicted octanol–water partition coefficient (Wildman–Crippen LogP) is 2.68. The number of hydrogen-bond acceptors (Lipinski definition) is 7. The number of hydrogen-bond donors (Lipinski definition) is 0. The third kappa shape index (κ3) is 3.02. The molecule has 4 rings (SSSR count). The lowest BCUT2D eigenvalue weighted by molar-refractivity contribution is -0.136. The van der Waals surface area contributed by atoms with Gasteiger partial charge in [0.15, 0.2) is 11.5 Å². The number of carbonyl (C=O) groups is 2. The quantitative estimate of drug-likeness (QED) is 0.700. The predicted molar refractivity (Wildman–Crippen MR) is 105 cm³/mol. The van der Waals surface area contributed by atoms with Gasteiger partial charge < -0.3 is 19.0 Å². The first-order valence-corrected chi connectivity index (χ1v) is 9.11. The fourth-order valence-corrected chi connectivity index (χ4v) is 3.65. The van der Waals surface area contributed by atoms with Gasteiger partial charge in [-0.3, -0.25) is 9.59 Å². The van der Waals surface area contributed by atoms with Gasteiger partial charge in [0.05, 0.1) is 39.1 Å². The van der Waals surface area contributed by atoms with Crippen LogP contribution in [0, 0.1) is 5.82 Å². The van der Waals surface area contributed by atoms with Crippen molar-refractivity contribution in [1.29, 1.82) is 0 Å². The molecule has 8 nitrogen and oxygen atoms in total. The van der Waals surface area contributed by atoms with Gasteiger partial charge in [0.25, 0.3) is 5.91 Å². The molecule has 2 aromatic carbocycles. The maximum Gasteiger partial charge on any atom is 0.281 e. The van der Waals surface area contributed by atoms with Crippen LogP contribution in [0.5, 0.6) is 17.2 Å². The van der Waals surface area contributed by atoms with Gasteiger partial charge >= 0.3 is 0 Å². The molecule has 0 saturated carbocycles. The molecule has 0 aliphatic carbocycles. The minimum absolute atomic E-state index is 0.0705. The molecule has 9 heteroatoms. The summed E-state index contributed by atoms with van der Waals surface area (Å²) in [4.78, 5) is 32.3. The molecule has 0 radical (unpaired) electrons. The van der Waals surface area contributed by atoms with E-state index < -0.39 is 23.2 Å². The average Bonchev–Trinajstić information content (AvgIpc) is 3.28. The number of benzene rings is 2. The van der Waals surface area contributed by atoms with E-state index in [4.69, 9.17) is 19.0 Å². The van der Waals surface area contributed by atoms with Gasteiger partial charge in [-0.1, -0.05) is 5.16 Å². The van der Waals surface area contributed by atoms with E-state index in [0.717, 1.165) is 4.90 Å². The van der Waals surface area contributed by atoms with E-state index in [1.165, 1.54) is 45.6 Å². The fraction of sp³-hybridized carbons (Fsp3) is 0.286. The Kier molecular flexibility index (Phi) is 4.81. The lowest BCUT2D eigenvalue weighted by atomic mass is 9.92. The molecule has 1 saturated heterocycles. The number of halogens is 1. The Balaban J connectivity index is 1.65. The highest BCUT2D eigenvalue weighted by Gasteiger charge is 2.58. The van der Waals surface area contributed by atoms with Crippen molar-refractivity contribution in [3.05, 3.63) is 47.8 Å². The first kappa shape index (κ1) is 19.7. The van der Waals surface area contributed by atoms with Crippen LogP contribution in [0.1, 0.15) is 18.4 Å². The molecule has 2 heterocycles. The highest BCUT2D eigenvalue weighted by atomic mass is 19.1. The SMILES string of the molecule is COc1cc(OC)c(C2=NOC3(CC(=O)N(c4ccc(F)cc4)C3=O)C2)cc1OC. The summed E-state index contributed by atoms with van der Waals surface area (Å²) in [7, 11) is 4.51. The Bertz CT molecular complexity index is 1050. The van der Waals surface area contributed by atoms with E-state index in [1.54, 1.807) is 12.1 Å². The van der Waals surface area contributed by atoms with Crippen molar-refractivity contribution in [1.82, 2.24) is 0 Å². The standard InChI is InChI=1S/C21H19FN2O6/c1-27-16-9-18(29-3)17(28-2)8-14(16)15-10-21(30-23-15)11-19(25)24(20(21)26)13-6-4-12(22)5-7-13/h4-9H,10-11H2,1-3H3. The zero-order valence-electron chi connectivity index (χ0n) is 16.6. The number of imide groups is 1. The monoisotopic (exact) mass is 414 g/mol. The Labute approximate surface area is 171 Å². The molecular weight excluding hydrogens is 395 g/mol. The van der Waals surface area contributed by atoms with E-state index in [-0.39, 0.29) is 18.5 Å². The highest BCUT2D eigenvalue weighted by Crippen LogP contribution is 2.42. The summed E-state index contributed by atoms with van der Waals surface area (Å²) >= 11 is 0. The van der Waals surface area contributed by atoms with Crippen molar-refractivity contribution in [2.45, 2.75) is 18.4 Å².